The molecule has 1 amide bonds. The van der Waals surface area contributed by atoms with Crippen LogP contribution in [-0.2, 0) is 11.3 Å². The summed E-state index contributed by atoms with van der Waals surface area (Å²) in [7, 11) is 0. The molecule has 0 unspecified atom stereocenters. The molecule has 9 heteroatoms. The van der Waals surface area contributed by atoms with Crippen molar-refractivity contribution in [2.45, 2.75) is 10.9 Å². The number of nitrogens with one attached hydrogen (secondary N) is 2. The Morgan fingerprint density at radius 2 is 2.22 bits per heavy atom. The number of hydrogen-bond acceptors (Lipinski definition) is 6. The topological polar surface area (TPSA) is 66.9 Å². The van der Waals surface area contributed by atoms with Gasteiger partial charge in [-0.25, -0.2) is 0 Å². The molecule has 0 radical (unpaired) electrons. The zero-order valence-corrected chi connectivity index (χ0v) is 15.2. The predicted molar refractivity (Wildman–Crippen MR) is 97.6 cm³/mol. The fourth-order valence-corrected chi connectivity index (χ4v) is 3.60. The fraction of sp³-hybridized carbons (Fsp3) is 0.214. The van der Waals surface area contributed by atoms with Crippen LogP contribution in [0.4, 0.5) is 5.13 Å². The molecule has 0 spiro atoms. The maximum atomic E-state index is 11.9. The zero-order valence-electron chi connectivity index (χ0n) is 12.0. The van der Waals surface area contributed by atoms with E-state index in [0.29, 0.717) is 28.3 Å². The minimum Gasteiger partial charge on any atom is -0.357 e. The van der Waals surface area contributed by atoms with Gasteiger partial charge in [-0.2, -0.15) is 0 Å². The van der Waals surface area contributed by atoms with Gasteiger partial charge in [0.2, 0.25) is 11.0 Å². The molecule has 1 aromatic heterocycles. The predicted octanol–water partition coefficient (Wildman–Crippen LogP) is 3.85. The van der Waals surface area contributed by atoms with E-state index in [2.05, 4.69) is 27.4 Å². The van der Waals surface area contributed by atoms with Crippen molar-refractivity contribution in [1.82, 2.24) is 15.5 Å². The third-order valence-corrected chi connectivity index (χ3v) is 5.22. The SMILES string of the molecule is C=CCNc1nnc(SCC(=O)NCc2ccc(Cl)cc2Cl)s1. The molecule has 0 aliphatic carbocycles. The van der Waals surface area contributed by atoms with Crippen molar-refractivity contribution in [2.75, 3.05) is 17.6 Å². The van der Waals surface area contributed by atoms with E-state index in [4.69, 9.17) is 23.2 Å². The Labute approximate surface area is 152 Å². The molecule has 0 saturated carbocycles. The quantitative estimate of drug-likeness (QED) is 0.530. The van der Waals surface area contributed by atoms with Gasteiger partial charge in [0.15, 0.2) is 4.34 Å². The molecule has 0 saturated heterocycles. The molecule has 1 aromatic carbocycles. The van der Waals surface area contributed by atoms with Crippen molar-refractivity contribution in [2.24, 2.45) is 0 Å². The van der Waals surface area contributed by atoms with Crippen LogP contribution in [0.2, 0.25) is 10.0 Å². The number of thioether (sulfide) groups is 1. The normalized spacial score (nSPS) is 10.3. The molecule has 0 bridgehead atoms. The lowest BCUT2D eigenvalue weighted by atomic mass is 10.2. The minimum atomic E-state index is -0.100. The van der Waals surface area contributed by atoms with Crippen molar-refractivity contribution in [3.63, 3.8) is 0 Å². The smallest absolute Gasteiger partial charge is 0.230 e. The van der Waals surface area contributed by atoms with Gasteiger partial charge in [0.25, 0.3) is 0 Å². The number of anilines is 1. The Hall–Kier alpha value is -1.28. The lowest BCUT2D eigenvalue weighted by Gasteiger charge is -2.06. The Morgan fingerprint density at radius 1 is 1.39 bits per heavy atom. The number of carbonyl (C=O) groups is 1. The summed E-state index contributed by atoms with van der Waals surface area (Å²) in [6, 6.07) is 5.18. The van der Waals surface area contributed by atoms with E-state index >= 15 is 0 Å². The fourth-order valence-electron chi connectivity index (χ4n) is 1.54. The van der Waals surface area contributed by atoms with E-state index in [-0.39, 0.29) is 11.7 Å². The van der Waals surface area contributed by atoms with Gasteiger partial charge in [-0.05, 0) is 17.7 Å². The first-order valence-electron chi connectivity index (χ1n) is 6.60. The van der Waals surface area contributed by atoms with Crippen LogP contribution in [-0.4, -0.2) is 28.4 Å². The molecular formula is C14H14Cl2N4OS2. The number of nitrogens with zero attached hydrogens (tertiary/aromatic N) is 2. The monoisotopic (exact) mass is 388 g/mol. The Morgan fingerprint density at radius 3 is 2.96 bits per heavy atom. The van der Waals surface area contributed by atoms with Crippen LogP contribution in [0.5, 0.6) is 0 Å². The highest BCUT2D eigenvalue weighted by molar-refractivity contribution is 8.01. The highest BCUT2D eigenvalue weighted by Crippen LogP contribution is 2.25. The number of carbonyl (C=O) groups excluding carboxylic acids is 1. The molecule has 0 atom stereocenters. The number of amides is 1. The number of aromatic nitrogens is 2. The van der Waals surface area contributed by atoms with Crippen molar-refractivity contribution in [3.05, 3.63) is 46.5 Å². The zero-order chi connectivity index (χ0) is 16.7. The van der Waals surface area contributed by atoms with Crippen LogP contribution in [0, 0.1) is 0 Å². The molecule has 5 nitrogen and oxygen atoms in total. The summed E-state index contributed by atoms with van der Waals surface area (Å²) >= 11 is 14.6. The maximum Gasteiger partial charge on any atom is 0.230 e. The molecule has 1 heterocycles. The first kappa shape index (κ1) is 18.1. The molecule has 0 fully saturated rings. The van der Waals surface area contributed by atoms with Gasteiger partial charge in [0.1, 0.15) is 0 Å². The average Bonchev–Trinajstić information content (AvgIpc) is 2.98. The van der Waals surface area contributed by atoms with E-state index in [1.54, 1.807) is 24.3 Å². The Bertz CT molecular complexity index is 693. The second-order valence-corrected chi connectivity index (χ2v) is 7.39. The summed E-state index contributed by atoms with van der Waals surface area (Å²) < 4.78 is 0.733. The Balaban J connectivity index is 1.76. The summed E-state index contributed by atoms with van der Waals surface area (Å²) in [6.45, 7) is 4.60. The van der Waals surface area contributed by atoms with Crippen molar-refractivity contribution < 1.29 is 4.79 Å². The van der Waals surface area contributed by atoms with Crippen molar-refractivity contribution in [1.29, 1.82) is 0 Å². The minimum absolute atomic E-state index is 0.100. The van der Waals surface area contributed by atoms with Crippen molar-refractivity contribution >= 4 is 57.3 Å². The molecule has 23 heavy (non-hydrogen) atoms. The third-order valence-electron chi connectivity index (χ3n) is 2.62. The van der Waals surface area contributed by atoms with Crippen LogP contribution < -0.4 is 10.6 Å². The second kappa shape index (κ2) is 9.12. The van der Waals surface area contributed by atoms with Gasteiger partial charge in [0.05, 0.1) is 5.75 Å². The molecule has 2 aromatic rings. The largest absolute Gasteiger partial charge is 0.357 e. The summed E-state index contributed by atoms with van der Waals surface area (Å²) in [5.74, 6) is 0.165. The van der Waals surface area contributed by atoms with Crippen LogP contribution in [0.1, 0.15) is 5.56 Å². The van der Waals surface area contributed by atoms with Gasteiger partial charge >= 0.3 is 0 Å². The first-order chi connectivity index (χ1) is 11.1. The molecule has 2 N–H and O–H groups in total. The third kappa shape index (κ3) is 6.02. The lowest BCUT2D eigenvalue weighted by Crippen LogP contribution is -2.24. The molecular weight excluding hydrogens is 375 g/mol. The van der Waals surface area contributed by atoms with Crippen molar-refractivity contribution in [3.8, 4) is 0 Å². The van der Waals surface area contributed by atoms with E-state index in [1.807, 2.05) is 0 Å². The van der Waals surface area contributed by atoms with E-state index in [9.17, 15) is 4.79 Å². The first-order valence-corrected chi connectivity index (χ1v) is 9.16. The summed E-state index contributed by atoms with van der Waals surface area (Å²) in [5, 5.41) is 15.6. The van der Waals surface area contributed by atoms with E-state index in [1.165, 1.54) is 23.1 Å². The van der Waals surface area contributed by atoms with Crippen LogP contribution in [0.3, 0.4) is 0 Å². The van der Waals surface area contributed by atoms with Crippen LogP contribution >= 0.6 is 46.3 Å². The van der Waals surface area contributed by atoms with Gasteiger partial charge in [-0.15, -0.1) is 16.8 Å². The standard InChI is InChI=1S/C14H14Cl2N4OS2/c1-2-5-17-13-19-20-14(23-13)22-8-12(21)18-7-9-3-4-10(15)6-11(9)16/h2-4,6H,1,5,7-8H2,(H,17,19)(H,18,21). The average molecular weight is 389 g/mol. The molecule has 2 rings (SSSR count). The maximum absolute atomic E-state index is 11.9. The second-order valence-electron chi connectivity index (χ2n) is 4.34. The van der Waals surface area contributed by atoms with Gasteiger partial charge < -0.3 is 10.6 Å². The number of halogens is 2. The Kier molecular flexibility index (Phi) is 7.16. The van der Waals surface area contributed by atoms with Gasteiger partial charge in [0, 0.05) is 23.1 Å². The highest BCUT2D eigenvalue weighted by atomic mass is 35.5. The van der Waals surface area contributed by atoms with Gasteiger partial charge in [-0.3, -0.25) is 4.79 Å². The molecule has 0 aliphatic heterocycles. The lowest BCUT2D eigenvalue weighted by molar-refractivity contribution is -0.118. The summed E-state index contributed by atoms with van der Waals surface area (Å²) in [6.07, 6.45) is 1.74. The molecule has 122 valence electrons. The summed E-state index contributed by atoms with van der Waals surface area (Å²) in [5.41, 5.74) is 0.821. The van der Waals surface area contributed by atoms with E-state index in [0.717, 1.165) is 9.90 Å². The number of benzene rings is 1. The highest BCUT2D eigenvalue weighted by Gasteiger charge is 2.09. The summed E-state index contributed by atoms with van der Waals surface area (Å²) in [4.78, 5) is 11.9. The number of rotatable bonds is 8. The van der Waals surface area contributed by atoms with Gasteiger partial charge in [-0.1, -0.05) is 58.4 Å². The molecule has 0 aliphatic rings. The van der Waals surface area contributed by atoms with Crippen LogP contribution in [0.25, 0.3) is 0 Å². The van der Waals surface area contributed by atoms with Crippen LogP contribution in [0.15, 0.2) is 35.2 Å². The van der Waals surface area contributed by atoms with E-state index < -0.39 is 0 Å². The number of hydrogen-bond donors (Lipinski definition) is 2.